The summed E-state index contributed by atoms with van der Waals surface area (Å²) in [5.74, 6) is 6.51. The summed E-state index contributed by atoms with van der Waals surface area (Å²) >= 11 is 7.74. The van der Waals surface area contributed by atoms with Crippen LogP contribution in [0.1, 0.15) is 15.9 Å². The first-order valence-corrected chi connectivity index (χ1v) is 10.4. The van der Waals surface area contributed by atoms with Crippen LogP contribution in [0.2, 0.25) is 5.02 Å². The first-order chi connectivity index (χ1) is 14.4. The van der Waals surface area contributed by atoms with E-state index in [1.165, 1.54) is 11.8 Å². The van der Waals surface area contributed by atoms with Gasteiger partial charge >= 0.3 is 5.97 Å². The minimum atomic E-state index is -0.934. The molecular formula is C22H19ClN4O2S. The fourth-order valence-corrected chi connectivity index (χ4v) is 3.48. The normalized spacial score (nSPS) is 10.2. The number of carbonyl (C=O) groups is 1. The monoisotopic (exact) mass is 438 g/mol. The third-order valence-corrected chi connectivity index (χ3v) is 5.49. The predicted octanol–water partition coefficient (Wildman–Crippen LogP) is 4.59. The van der Waals surface area contributed by atoms with Crippen LogP contribution in [0, 0.1) is 18.8 Å². The molecule has 0 radical (unpaired) electrons. The number of halogens is 1. The number of rotatable bonds is 6. The van der Waals surface area contributed by atoms with Gasteiger partial charge in [0.1, 0.15) is 5.82 Å². The summed E-state index contributed by atoms with van der Waals surface area (Å²) in [6, 6.07) is 14.2. The number of nitrogens with zero attached hydrogens (tertiary/aromatic N) is 2. The van der Waals surface area contributed by atoms with Crippen molar-refractivity contribution in [3.8, 4) is 23.1 Å². The van der Waals surface area contributed by atoms with Gasteiger partial charge in [-0.1, -0.05) is 35.6 Å². The zero-order valence-corrected chi connectivity index (χ0v) is 17.7. The van der Waals surface area contributed by atoms with Gasteiger partial charge in [0, 0.05) is 21.5 Å². The Kier molecular flexibility index (Phi) is 7.17. The maximum Gasteiger partial charge on any atom is 0.335 e. The fourth-order valence-electron chi connectivity index (χ4n) is 2.64. The maximum absolute atomic E-state index is 10.9. The van der Waals surface area contributed by atoms with E-state index in [9.17, 15) is 4.79 Å². The molecule has 0 aliphatic heterocycles. The van der Waals surface area contributed by atoms with Crippen molar-refractivity contribution in [2.45, 2.75) is 11.8 Å². The molecule has 1 aromatic heterocycles. The number of nitrogens with two attached hydrogens (primary N) is 1. The summed E-state index contributed by atoms with van der Waals surface area (Å²) < 4.78 is 0. The number of anilines is 2. The Morgan fingerprint density at radius 2 is 1.97 bits per heavy atom. The number of carboxylic acids is 1. The summed E-state index contributed by atoms with van der Waals surface area (Å²) in [6.45, 7) is 2.34. The Morgan fingerprint density at radius 3 is 2.70 bits per heavy atom. The number of hydrogen-bond acceptors (Lipinski definition) is 6. The lowest BCUT2D eigenvalue weighted by molar-refractivity contribution is 0.0697. The summed E-state index contributed by atoms with van der Waals surface area (Å²) in [6.07, 6.45) is 0. The number of nitrogens with one attached hydrogen (secondary N) is 1. The SMILES string of the molecule is Cc1c(Cl)cccc1-c1cc(NCC#CCSc2ccc(C(=O)O)cc2)nc(N)n1. The highest BCUT2D eigenvalue weighted by molar-refractivity contribution is 7.99. The van der Waals surface area contributed by atoms with Gasteiger partial charge in [0.05, 0.1) is 23.6 Å². The first-order valence-electron chi connectivity index (χ1n) is 9.00. The minimum Gasteiger partial charge on any atom is -0.478 e. The molecule has 8 heteroatoms. The highest BCUT2D eigenvalue weighted by atomic mass is 35.5. The number of hydrogen-bond donors (Lipinski definition) is 3. The van der Waals surface area contributed by atoms with Crippen LogP contribution in [-0.2, 0) is 0 Å². The molecular weight excluding hydrogens is 420 g/mol. The maximum atomic E-state index is 10.9. The molecule has 2 aromatic carbocycles. The third kappa shape index (κ3) is 5.66. The van der Waals surface area contributed by atoms with E-state index in [-0.39, 0.29) is 11.5 Å². The molecule has 3 aromatic rings. The molecule has 0 bridgehead atoms. The van der Waals surface area contributed by atoms with Crippen molar-refractivity contribution in [3.63, 3.8) is 0 Å². The van der Waals surface area contributed by atoms with Crippen LogP contribution in [0.25, 0.3) is 11.3 Å². The van der Waals surface area contributed by atoms with Gasteiger partial charge in [0.15, 0.2) is 0 Å². The standard InChI is InChI=1S/C22H19ClN4O2S/c1-14-17(5-4-6-18(14)23)19-13-20(27-22(24)26-19)25-11-2-3-12-30-16-9-7-15(8-10-16)21(28)29/h4-10,13H,11-12H2,1H3,(H,28,29)(H3,24,25,26,27). The molecule has 0 fully saturated rings. The molecule has 0 saturated heterocycles. The molecule has 1 heterocycles. The van der Waals surface area contributed by atoms with E-state index in [0.29, 0.717) is 28.8 Å². The van der Waals surface area contributed by atoms with Crippen LogP contribution < -0.4 is 11.1 Å². The van der Waals surface area contributed by atoms with Crippen molar-refractivity contribution in [1.82, 2.24) is 9.97 Å². The zero-order valence-electron chi connectivity index (χ0n) is 16.1. The molecule has 0 amide bonds. The predicted molar refractivity (Wildman–Crippen MR) is 122 cm³/mol. The van der Waals surface area contributed by atoms with Crippen molar-refractivity contribution in [3.05, 3.63) is 64.7 Å². The Balaban J connectivity index is 1.57. The molecule has 0 unspecified atom stereocenters. The Morgan fingerprint density at radius 1 is 1.20 bits per heavy atom. The van der Waals surface area contributed by atoms with Gasteiger partial charge in [-0.2, -0.15) is 4.98 Å². The molecule has 152 valence electrons. The van der Waals surface area contributed by atoms with Gasteiger partial charge in [-0.15, -0.1) is 11.8 Å². The number of thioether (sulfide) groups is 1. The number of nitrogen functional groups attached to an aromatic ring is 1. The molecule has 4 N–H and O–H groups in total. The van der Waals surface area contributed by atoms with Gasteiger partial charge in [0.2, 0.25) is 5.95 Å². The minimum absolute atomic E-state index is 0.169. The summed E-state index contributed by atoms with van der Waals surface area (Å²) in [4.78, 5) is 20.3. The Hall–Kier alpha value is -3.21. The van der Waals surface area contributed by atoms with Gasteiger partial charge in [-0.3, -0.25) is 0 Å². The average Bonchev–Trinajstić information content (AvgIpc) is 2.72. The van der Waals surface area contributed by atoms with E-state index in [2.05, 4.69) is 27.1 Å². The largest absolute Gasteiger partial charge is 0.478 e. The number of carboxylic acid groups (broad SMARTS) is 1. The summed E-state index contributed by atoms with van der Waals surface area (Å²) in [7, 11) is 0. The van der Waals surface area contributed by atoms with Crippen molar-refractivity contribution in [1.29, 1.82) is 0 Å². The first kappa shape index (κ1) is 21.5. The van der Waals surface area contributed by atoms with Gasteiger partial charge < -0.3 is 16.2 Å². The van der Waals surface area contributed by atoms with Crippen LogP contribution in [0.5, 0.6) is 0 Å². The third-order valence-electron chi connectivity index (χ3n) is 4.18. The van der Waals surface area contributed by atoms with Crippen molar-refractivity contribution in [2.24, 2.45) is 0 Å². The second-order valence-electron chi connectivity index (χ2n) is 6.23. The van der Waals surface area contributed by atoms with E-state index in [0.717, 1.165) is 16.0 Å². The molecule has 3 rings (SSSR count). The van der Waals surface area contributed by atoms with Gasteiger partial charge in [-0.05, 0) is 42.8 Å². The number of aromatic nitrogens is 2. The van der Waals surface area contributed by atoms with E-state index >= 15 is 0 Å². The quantitative estimate of drug-likeness (QED) is 0.382. The lowest BCUT2D eigenvalue weighted by Crippen LogP contribution is -2.05. The zero-order chi connectivity index (χ0) is 21.5. The van der Waals surface area contributed by atoms with Crippen LogP contribution in [-0.4, -0.2) is 33.3 Å². The molecule has 0 saturated carbocycles. The van der Waals surface area contributed by atoms with Crippen molar-refractivity contribution >= 4 is 41.1 Å². The van der Waals surface area contributed by atoms with E-state index < -0.39 is 5.97 Å². The van der Waals surface area contributed by atoms with Crippen LogP contribution in [0.15, 0.2) is 53.4 Å². The molecule has 30 heavy (non-hydrogen) atoms. The van der Waals surface area contributed by atoms with Gasteiger partial charge in [-0.25, -0.2) is 9.78 Å². The topological polar surface area (TPSA) is 101 Å². The van der Waals surface area contributed by atoms with Gasteiger partial charge in [0.25, 0.3) is 0 Å². The van der Waals surface area contributed by atoms with E-state index in [1.54, 1.807) is 24.3 Å². The van der Waals surface area contributed by atoms with Crippen LogP contribution in [0.3, 0.4) is 0 Å². The average molecular weight is 439 g/mol. The lowest BCUT2D eigenvalue weighted by Gasteiger charge is -2.09. The molecule has 0 spiro atoms. The highest BCUT2D eigenvalue weighted by Crippen LogP contribution is 2.28. The van der Waals surface area contributed by atoms with Crippen LogP contribution >= 0.6 is 23.4 Å². The molecule has 6 nitrogen and oxygen atoms in total. The Bertz CT molecular complexity index is 1120. The smallest absolute Gasteiger partial charge is 0.335 e. The summed E-state index contributed by atoms with van der Waals surface area (Å²) in [5, 5.41) is 12.7. The van der Waals surface area contributed by atoms with Crippen molar-refractivity contribution in [2.75, 3.05) is 23.3 Å². The second-order valence-corrected chi connectivity index (χ2v) is 7.69. The van der Waals surface area contributed by atoms with E-state index in [1.807, 2.05) is 31.2 Å². The lowest BCUT2D eigenvalue weighted by atomic mass is 10.1. The Labute approximate surface area is 183 Å². The number of benzene rings is 2. The highest BCUT2D eigenvalue weighted by Gasteiger charge is 2.09. The van der Waals surface area contributed by atoms with Crippen molar-refractivity contribution < 1.29 is 9.90 Å². The molecule has 0 aliphatic rings. The fraction of sp³-hybridized carbons (Fsp3) is 0.136. The summed E-state index contributed by atoms with van der Waals surface area (Å²) in [5.41, 5.74) is 8.65. The second kappa shape index (κ2) is 10.0. The molecule has 0 aliphatic carbocycles. The van der Waals surface area contributed by atoms with E-state index in [4.69, 9.17) is 22.4 Å². The number of aromatic carboxylic acids is 1. The van der Waals surface area contributed by atoms with Crippen LogP contribution in [0.4, 0.5) is 11.8 Å². The molecule has 0 atom stereocenters.